The molecule has 1 saturated heterocycles. The van der Waals surface area contributed by atoms with Crippen LogP contribution in [0, 0.1) is 0 Å². The van der Waals surface area contributed by atoms with Crippen molar-refractivity contribution in [1.29, 1.82) is 0 Å². The summed E-state index contributed by atoms with van der Waals surface area (Å²) in [6.45, 7) is 3.21. The number of nitrogens with two attached hydrogens (primary N) is 1. The van der Waals surface area contributed by atoms with Crippen LogP contribution in [0.2, 0.25) is 0 Å². The smallest absolute Gasteiger partial charge is 0.226 e. The molecule has 1 aliphatic rings. The Labute approximate surface area is 83.4 Å². The summed E-state index contributed by atoms with van der Waals surface area (Å²) in [7, 11) is 0. The van der Waals surface area contributed by atoms with Gasteiger partial charge in [-0.2, -0.15) is 0 Å². The van der Waals surface area contributed by atoms with Gasteiger partial charge in [0.2, 0.25) is 5.89 Å². The first-order valence-corrected chi connectivity index (χ1v) is 5.04. The van der Waals surface area contributed by atoms with Crippen molar-refractivity contribution < 1.29 is 9.15 Å². The lowest BCUT2D eigenvalue weighted by molar-refractivity contribution is -0.0870. The van der Waals surface area contributed by atoms with Gasteiger partial charge < -0.3 is 14.9 Å². The van der Waals surface area contributed by atoms with Gasteiger partial charge in [0, 0.05) is 6.61 Å². The lowest BCUT2D eigenvalue weighted by Gasteiger charge is -2.30. The van der Waals surface area contributed by atoms with E-state index < -0.39 is 0 Å². The molecule has 4 nitrogen and oxygen atoms in total. The van der Waals surface area contributed by atoms with Crippen LogP contribution in [0.4, 0.5) is 0 Å². The first-order chi connectivity index (χ1) is 6.74. The van der Waals surface area contributed by atoms with Gasteiger partial charge in [0.15, 0.2) is 0 Å². The summed E-state index contributed by atoms with van der Waals surface area (Å²) in [5, 5.41) is 0. The quantitative estimate of drug-likeness (QED) is 0.779. The highest BCUT2D eigenvalue weighted by Crippen LogP contribution is 2.33. The van der Waals surface area contributed by atoms with Crippen molar-refractivity contribution in [3.8, 4) is 0 Å². The molecule has 4 heteroatoms. The Bertz CT molecular complexity index is 303. The minimum atomic E-state index is -0.342. The molecule has 0 radical (unpaired) electrons. The Morgan fingerprint density at radius 3 is 3.00 bits per heavy atom. The fraction of sp³-hybridized carbons (Fsp3) is 0.700. The molecule has 0 spiro atoms. The van der Waals surface area contributed by atoms with Crippen LogP contribution in [0.1, 0.15) is 37.8 Å². The van der Waals surface area contributed by atoms with Crippen molar-refractivity contribution in [2.24, 2.45) is 5.73 Å². The maximum atomic E-state index is 5.71. The number of oxazole rings is 1. The van der Waals surface area contributed by atoms with Crippen LogP contribution < -0.4 is 5.73 Å². The molecule has 0 amide bonds. The highest BCUT2D eigenvalue weighted by molar-refractivity contribution is 5.02. The summed E-state index contributed by atoms with van der Waals surface area (Å²) in [6, 6.07) is 0. The molecule has 0 saturated carbocycles. The second kappa shape index (κ2) is 3.71. The molecule has 2 N–H and O–H groups in total. The standard InChI is InChI=1S/C10H16N2O2/c1-10(4-2-3-5-13-10)9-12-7-8(6-11)14-9/h7H,2-6,11H2,1H3. The Balaban J connectivity index is 2.19. The maximum Gasteiger partial charge on any atom is 0.226 e. The van der Waals surface area contributed by atoms with Crippen molar-refractivity contribution >= 4 is 0 Å². The lowest BCUT2D eigenvalue weighted by Crippen LogP contribution is -2.30. The van der Waals surface area contributed by atoms with Gasteiger partial charge in [0.05, 0.1) is 12.7 Å². The van der Waals surface area contributed by atoms with Crippen LogP contribution in [0.25, 0.3) is 0 Å². The molecule has 0 aromatic carbocycles. The van der Waals surface area contributed by atoms with E-state index in [1.165, 1.54) is 0 Å². The summed E-state index contributed by atoms with van der Waals surface area (Å²) in [4.78, 5) is 4.21. The van der Waals surface area contributed by atoms with Crippen molar-refractivity contribution in [1.82, 2.24) is 4.98 Å². The van der Waals surface area contributed by atoms with E-state index in [0.29, 0.717) is 12.4 Å². The topological polar surface area (TPSA) is 61.3 Å². The molecule has 2 rings (SSSR count). The third-order valence-electron chi connectivity index (χ3n) is 2.68. The number of hydrogen-bond donors (Lipinski definition) is 1. The van der Waals surface area contributed by atoms with Gasteiger partial charge in [0.25, 0.3) is 0 Å². The Hall–Kier alpha value is -0.870. The van der Waals surface area contributed by atoms with E-state index in [1.54, 1.807) is 6.20 Å². The third kappa shape index (κ3) is 1.67. The van der Waals surface area contributed by atoms with Crippen LogP contribution in [0.5, 0.6) is 0 Å². The molecule has 1 aliphatic heterocycles. The fourth-order valence-corrected chi connectivity index (χ4v) is 1.75. The second-order valence-electron chi connectivity index (χ2n) is 3.87. The minimum Gasteiger partial charge on any atom is -0.441 e. The van der Waals surface area contributed by atoms with Crippen molar-refractivity contribution in [3.63, 3.8) is 0 Å². The summed E-state index contributed by atoms with van der Waals surface area (Å²) in [6.07, 6.45) is 4.94. The zero-order valence-corrected chi connectivity index (χ0v) is 8.45. The molecule has 14 heavy (non-hydrogen) atoms. The lowest BCUT2D eigenvalue weighted by atomic mass is 9.96. The number of aromatic nitrogens is 1. The van der Waals surface area contributed by atoms with Crippen molar-refractivity contribution in [3.05, 3.63) is 17.8 Å². The highest BCUT2D eigenvalue weighted by atomic mass is 16.5. The average molecular weight is 196 g/mol. The molecular formula is C10H16N2O2. The summed E-state index contributed by atoms with van der Waals surface area (Å²) < 4.78 is 11.2. The molecule has 1 aromatic rings. The summed E-state index contributed by atoms with van der Waals surface area (Å²) in [5.41, 5.74) is 5.12. The minimum absolute atomic E-state index is 0.342. The van der Waals surface area contributed by atoms with Crippen LogP contribution >= 0.6 is 0 Å². The molecular weight excluding hydrogens is 180 g/mol. The zero-order chi connectivity index (χ0) is 10.0. The average Bonchev–Trinajstić information content (AvgIpc) is 2.67. The van der Waals surface area contributed by atoms with E-state index in [1.807, 2.05) is 6.92 Å². The summed E-state index contributed by atoms with van der Waals surface area (Å²) >= 11 is 0. The fourth-order valence-electron chi connectivity index (χ4n) is 1.75. The predicted molar refractivity (Wildman–Crippen MR) is 51.5 cm³/mol. The predicted octanol–water partition coefficient (Wildman–Crippen LogP) is 1.55. The molecule has 78 valence electrons. The third-order valence-corrected chi connectivity index (χ3v) is 2.68. The van der Waals surface area contributed by atoms with Crippen molar-refractivity contribution in [2.45, 2.75) is 38.3 Å². The molecule has 2 heterocycles. The van der Waals surface area contributed by atoms with E-state index in [-0.39, 0.29) is 5.60 Å². The number of ether oxygens (including phenoxy) is 1. The van der Waals surface area contributed by atoms with Crippen LogP contribution in [0.3, 0.4) is 0 Å². The van der Waals surface area contributed by atoms with Gasteiger partial charge in [0.1, 0.15) is 11.4 Å². The maximum absolute atomic E-state index is 5.71. The Morgan fingerprint density at radius 2 is 2.43 bits per heavy atom. The zero-order valence-electron chi connectivity index (χ0n) is 8.45. The Kier molecular flexibility index (Phi) is 2.56. The first kappa shape index (κ1) is 9.68. The number of rotatable bonds is 2. The first-order valence-electron chi connectivity index (χ1n) is 5.04. The molecule has 1 atom stereocenters. The van der Waals surface area contributed by atoms with Crippen LogP contribution in [0.15, 0.2) is 10.6 Å². The van der Waals surface area contributed by atoms with E-state index in [4.69, 9.17) is 14.9 Å². The normalized spacial score (nSPS) is 27.9. The van der Waals surface area contributed by atoms with Gasteiger partial charge in [-0.05, 0) is 26.2 Å². The van der Waals surface area contributed by atoms with Crippen LogP contribution in [-0.4, -0.2) is 11.6 Å². The molecule has 1 aromatic heterocycles. The molecule has 1 unspecified atom stereocenters. The van der Waals surface area contributed by atoms with Gasteiger partial charge >= 0.3 is 0 Å². The van der Waals surface area contributed by atoms with E-state index in [0.717, 1.165) is 31.6 Å². The van der Waals surface area contributed by atoms with E-state index >= 15 is 0 Å². The SMILES string of the molecule is CC1(c2ncc(CN)o2)CCCCO1. The van der Waals surface area contributed by atoms with Gasteiger partial charge in [-0.1, -0.05) is 0 Å². The van der Waals surface area contributed by atoms with Crippen molar-refractivity contribution in [2.75, 3.05) is 6.61 Å². The highest BCUT2D eigenvalue weighted by Gasteiger charge is 2.34. The molecule has 0 aliphatic carbocycles. The number of hydrogen-bond acceptors (Lipinski definition) is 4. The van der Waals surface area contributed by atoms with Gasteiger partial charge in [-0.15, -0.1) is 0 Å². The monoisotopic (exact) mass is 196 g/mol. The van der Waals surface area contributed by atoms with E-state index in [2.05, 4.69) is 4.98 Å². The molecule has 0 bridgehead atoms. The van der Waals surface area contributed by atoms with Gasteiger partial charge in [-0.25, -0.2) is 4.98 Å². The number of nitrogens with zero attached hydrogens (tertiary/aromatic N) is 1. The van der Waals surface area contributed by atoms with Gasteiger partial charge in [-0.3, -0.25) is 0 Å². The summed E-state index contributed by atoms with van der Waals surface area (Å²) in [5.74, 6) is 1.38. The van der Waals surface area contributed by atoms with Crippen LogP contribution in [-0.2, 0) is 16.9 Å². The largest absolute Gasteiger partial charge is 0.441 e. The second-order valence-corrected chi connectivity index (χ2v) is 3.87. The van der Waals surface area contributed by atoms with E-state index in [9.17, 15) is 0 Å². The molecule has 1 fully saturated rings. The Morgan fingerprint density at radius 1 is 1.57 bits per heavy atom.